The number of nitrogens with one attached hydrogen (secondary N) is 2. The fraction of sp³-hybridized carbons (Fsp3) is 0.600. The van der Waals surface area contributed by atoms with Gasteiger partial charge in [-0.1, -0.05) is 0 Å². The molecule has 1 atom stereocenters. The molecule has 0 fully saturated rings. The van der Waals surface area contributed by atoms with Gasteiger partial charge in [-0.25, -0.2) is 13.1 Å². The van der Waals surface area contributed by atoms with Crippen LogP contribution in [0, 0.1) is 34.6 Å². The number of benzene rings is 1. The third-order valence-corrected chi connectivity index (χ3v) is 5.97. The van der Waals surface area contributed by atoms with Gasteiger partial charge in [0.2, 0.25) is 10.0 Å². The highest BCUT2D eigenvalue weighted by molar-refractivity contribution is 7.89. The van der Waals surface area contributed by atoms with Gasteiger partial charge < -0.3 is 5.32 Å². The average Bonchev–Trinajstić information content (AvgIpc) is 2.40. The van der Waals surface area contributed by atoms with Crippen molar-refractivity contribution in [2.24, 2.45) is 0 Å². The van der Waals surface area contributed by atoms with E-state index < -0.39 is 10.0 Å². The minimum atomic E-state index is -3.48. The van der Waals surface area contributed by atoms with E-state index in [0.717, 1.165) is 22.3 Å². The van der Waals surface area contributed by atoms with Gasteiger partial charge >= 0.3 is 0 Å². The molecule has 0 aromatic heterocycles. The molecule has 0 heterocycles. The van der Waals surface area contributed by atoms with Crippen LogP contribution in [-0.2, 0) is 10.0 Å². The molecular weight excluding hydrogens is 308 g/mol. The fourth-order valence-electron chi connectivity index (χ4n) is 2.28. The van der Waals surface area contributed by atoms with E-state index in [4.69, 9.17) is 0 Å². The van der Waals surface area contributed by atoms with Gasteiger partial charge in [-0.3, -0.25) is 0 Å². The molecule has 0 aliphatic rings. The van der Waals surface area contributed by atoms with E-state index in [0.29, 0.717) is 11.4 Å². The molecule has 1 aromatic rings. The molecule has 0 radical (unpaired) electrons. The molecule has 0 spiro atoms. The van der Waals surface area contributed by atoms with E-state index in [-0.39, 0.29) is 18.4 Å². The van der Waals surface area contributed by atoms with Crippen LogP contribution in [0.5, 0.6) is 0 Å². The Balaban J connectivity index is 0.00000400. The molecule has 0 bridgehead atoms. The molecular formula is C15H27ClN2O2S. The Labute approximate surface area is 135 Å². The molecule has 0 saturated carbocycles. The predicted octanol–water partition coefficient (Wildman–Crippen LogP) is 2.54. The molecule has 0 amide bonds. The third kappa shape index (κ3) is 4.19. The monoisotopic (exact) mass is 334 g/mol. The van der Waals surface area contributed by atoms with Gasteiger partial charge in [-0.15, -0.1) is 12.4 Å². The summed E-state index contributed by atoms with van der Waals surface area (Å²) in [4.78, 5) is 0.432. The van der Waals surface area contributed by atoms with Crippen LogP contribution in [0.2, 0.25) is 0 Å². The first-order valence-electron chi connectivity index (χ1n) is 6.87. The zero-order chi connectivity index (χ0) is 15.7. The van der Waals surface area contributed by atoms with Crippen LogP contribution >= 0.6 is 12.4 Å². The lowest BCUT2D eigenvalue weighted by Gasteiger charge is -2.20. The van der Waals surface area contributed by atoms with Crippen molar-refractivity contribution in [2.75, 3.05) is 13.6 Å². The highest BCUT2D eigenvalue weighted by Gasteiger charge is 2.23. The van der Waals surface area contributed by atoms with Gasteiger partial charge in [-0.05, 0) is 76.4 Å². The summed E-state index contributed by atoms with van der Waals surface area (Å²) in [7, 11) is -1.66. The second kappa shape index (κ2) is 7.58. The second-order valence-corrected chi connectivity index (χ2v) is 7.20. The quantitative estimate of drug-likeness (QED) is 0.870. The normalized spacial score (nSPS) is 12.9. The van der Waals surface area contributed by atoms with Crippen molar-refractivity contribution in [1.82, 2.24) is 10.0 Å². The van der Waals surface area contributed by atoms with Crippen molar-refractivity contribution in [1.29, 1.82) is 0 Å². The van der Waals surface area contributed by atoms with Crippen molar-refractivity contribution in [3.63, 3.8) is 0 Å². The predicted molar refractivity (Wildman–Crippen MR) is 91.1 cm³/mol. The van der Waals surface area contributed by atoms with Crippen LogP contribution in [0.3, 0.4) is 0 Å². The summed E-state index contributed by atoms with van der Waals surface area (Å²) in [5, 5.41) is 3.02. The summed E-state index contributed by atoms with van der Waals surface area (Å²) in [6.45, 7) is 12.1. The van der Waals surface area contributed by atoms with Gasteiger partial charge in [0.1, 0.15) is 0 Å². The van der Waals surface area contributed by atoms with Crippen LogP contribution in [-0.4, -0.2) is 28.1 Å². The molecule has 4 nitrogen and oxygen atoms in total. The average molecular weight is 335 g/mol. The van der Waals surface area contributed by atoms with Gasteiger partial charge in [0, 0.05) is 12.6 Å². The van der Waals surface area contributed by atoms with Crippen LogP contribution in [0.1, 0.15) is 34.7 Å². The first kappa shape index (κ1) is 20.4. The molecule has 122 valence electrons. The third-order valence-electron chi connectivity index (χ3n) is 4.27. The van der Waals surface area contributed by atoms with E-state index in [2.05, 4.69) is 10.0 Å². The minimum Gasteiger partial charge on any atom is -0.316 e. The summed E-state index contributed by atoms with van der Waals surface area (Å²) in [6.07, 6.45) is 0. The number of likely N-dealkylation sites (N-methyl/N-ethyl adjacent to an activating group) is 1. The van der Waals surface area contributed by atoms with Gasteiger partial charge in [0.15, 0.2) is 0 Å². The molecule has 1 rings (SSSR count). The number of sulfonamides is 1. The second-order valence-electron chi connectivity index (χ2n) is 5.50. The van der Waals surface area contributed by atoms with Crippen molar-refractivity contribution < 1.29 is 8.42 Å². The highest BCUT2D eigenvalue weighted by atomic mass is 35.5. The maximum Gasteiger partial charge on any atom is 0.241 e. The van der Waals surface area contributed by atoms with Crippen LogP contribution < -0.4 is 10.0 Å². The smallest absolute Gasteiger partial charge is 0.241 e. The number of hydrogen-bond donors (Lipinski definition) is 2. The van der Waals surface area contributed by atoms with Crippen molar-refractivity contribution in [3.05, 3.63) is 27.8 Å². The van der Waals surface area contributed by atoms with E-state index in [9.17, 15) is 8.42 Å². The standard InChI is InChI=1S/C15H26N2O2S.ClH/c1-9(16-7)8-17-20(18,19)15-13(5)11(3)10(2)12(4)14(15)6;/h9,16-17H,8H2,1-7H3;1H. The van der Waals surface area contributed by atoms with Crippen molar-refractivity contribution in [2.45, 2.75) is 52.5 Å². The Morgan fingerprint density at radius 1 is 0.905 bits per heavy atom. The summed E-state index contributed by atoms with van der Waals surface area (Å²) < 4.78 is 27.8. The Morgan fingerprint density at radius 3 is 1.67 bits per heavy atom. The lowest BCUT2D eigenvalue weighted by Crippen LogP contribution is -2.37. The van der Waals surface area contributed by atoms with E-state index in [1.807, 2.05) is 48.6 Å². The summed E-state index contributed by atoms with van der Waals surface area (Å²) >= 11 is 0. The van der Waals surface area contributed by atoms with E-state index in [1.165, 1.54) is 5.56 Å². The summed E-state index contributed by atoms with van der Waals surface area (Å²) in [5.74, 6) is 0. The molecule has 0 saturated heterocycles. The fourth-order valence-corrected chi connectivity index (χ4v) is 4.00. The molecule has 0 aliphatic heterocycles. The zero-order valence-electron chi connectivity index (χ0n) is 13.9. The maximum absolute atomic E-state index is 12.6. The Morgan fingerprint density at radius 2 is 1.29 bits per heavy atom. The molecule has 1 aromatic carbocycles. The first-order chi connectivity index (χ1) is 9.13. The highest BCUT2D eigenvalue weighted by Crippen LogP contribution is 2.29. The summed E-state index contributed by atoms with van der Waals surface area (Å²) in [5.41, 5.74) is 4.96. The maximum atomic E-state index is 12.6. The van der Waals surface area contributed by atoms with Crippen molar-refractivity contribution in [3.8, 4) is 0 Å². The van der Waals surface area contributed by atoms with Crippen LogP contribution in [0.15, 0.2) is 4.90 Å². The van der Waals surface area contributed by atoms with Gasteiger partial charge in [-0.2, -0.15) is 0 Å². The lowest BCUT2D eigenvalue weighted by atomic mass is 9.95. The molecule has 1 unspecified atom stereocenters. The van der Waals surface area contributed by atoms with Gasteiger partial charge in [0.05, 0.1) is 4.90 Å². The number of hydrogen-bond acceptors (Lipinski definition) is 3. The number of halogens is 1. The molecule has 6 heteroatoms. The van der Waals surface area contributed by atoms with Crippen molar-refractivity contribution >= 4 is 22.4 Å². The largest absolute Gasteiger partial charge is 0.316 e. The van der Waals surface area contributed by atoms with Crippen LogP contribution in [0.25, 0.3) is 0 Å². The lowest BCUT2D eigenvalue weighted by molar-refractivity contribution is 0.553. The Bertz CT molecular complexity index is 584. The minimum absolute atomic E-state index is 0. The van der Waals surface area contributed by atoms with Crippen LogP contribution in [0.4, 0.5) is 0 Å². The van der Waals surface area contributed by atoms with E-state index >= 15 is 0 Å². The molecule has 2 N–H and O–H groups in total. The zero-order valence-corrected chi connectivity index (χ0v) is 15.6. The Hall–Kier alpha value is -0.620. The van der Waals surface area contributed by atoms with Gasteiger partial charge in [0.25, 0.3) is 0 Å². The first-order valence-corrected chi connectivity index (χ1v) is 8.35. The molecule has 0 aliphatic carbocycles. The summed E-state index contributed by atoms with van der Waals surface area (Å²) in [6, 6.07) is 0.0954. The van der Waals surface area contributed by atoms with E-state index in [1.54, 1.807) is 0 Å². The SMILES string of the molecule is CNC(C)CNS(=O)(=O)c1c(C)c(C)c(C)c(C)c1C.Cl. The molecule has 21 heavy (non-hydrogen) atoms. The number of rotatable bonds is 5. The Kier molecular flexibility index (Phi) is 7.36. The topological polar surface area (TPSA) is 58.2 Å².